The Morgan fingerprint density at radius 1 is 1.04 bits per heavy atom. The van der Waals surface area contributed by atoms with Crippen molar-refractivity contribution < 1.29 is 17.8 Å². The molecule has 27 heavy (non-hydrogen) atoms. The standard InChI is InChI=1S/C16H13NO4S2.2CH3Br/c18-13(10-15-17-12-8-4-5-9-14(12)22-15)16(23(19,20)21)11-6-2-1-3-7-11;2*1-2/h1-9,16H,10H2,(H,19,20,21);2*1H3. The van der Waals surface area contributed by atoms with E-state index in [9.17, 15) is 17.8 Å². The SMILES string of the molecule is CBr.CBr.O=C(Cc1nc2ccccc2s1)C(c1ccccc1)S(=O)(=O)O. The molecule has 0 aliphatic carbocycles. The molecule has 0 saturated carbocycles. The molecule has 0 aliphatic rings. The summed E-state index contributed by atoms with van der Waals surface area (Å²) in [6.45, 7) is 0. The minimum Gasteiger partial charge on any atom is -0.297 e. The fourth-order valence-corrected chi connectivity index (χ4v) is 4.28. The Kier molecular flexibility index (Phi) is 10.3. The molecule has 3 aromatic rings. The topological polar surface area (TPSA) is 84.3 Å². The Morgan fingerprint density at radius 2 is 1.59 bits per heavy atom. The third-order valence-electron chi connectivity index (χ3n) is 3.36. The maximum Gasteiger partial charge on any atom is 0.279 e. The molecule has 1 heterocycles. The van der Waals surface area contributed by atoms with Gasteiger partial charge in [0.25, 0.3) is 10.1 Å². The van der Waals surface area contributed by atoms with Crippen LogP contribution in [0.25, 0.3) is 10.2 Å². The molecule has 2 aromatic carbocycles. The van der Waals surface area contributed by atoms with Gasteiger partial charge in [0.15, 0.2) is 11.0 Å². The van der Waals surface area contributed by atoms with Crippen LogP contribution in [-0.2, 0) is 21.3 Å². The van der Waals surface area contributed by atoms with Crippen LogP contribution in [0, 0.1) is 0 Å². The van der Waals surface area contributed by atoms with Crippen LogP contribution >= 0.6 is 43.2 Å². The lowest BCUT2D eigenvalue weighted by molar-refractivity contribution is -0.118. The maximum absolute atomic E-state index is 12.5. The largest absolute Gasteiger partial charge is 0.297 e. The average Bonchev–Trinajstić information content (AvgIpc) is 3.07. The van der Waals surface area contributed by atoms with Gasteiger partial charge in [0, 0.05) is 0 Å². The van der Waals surface area contributed by atoms with Crippen LogP contribution in [0.1, 0.15) is 15.8 Å². The van der Waals surface area contributed by atoms with Crippen molar-refractivity contribution in [2.24, 2.45) is 0 Å². The third kappa shape index (κ3) is 6.76. The molecule has 9 heteroatoms. The molecule has 1 atom stereocenters. The fourth-order valence-electron chi connectivity index (χ4n) is 2.39. The average molecular weight is 537 g/mol. The molecule has 5 nitrogen and oxygen atoms in total. The van der Waals surface area contributed by atoms with E-state index in [4.69, 9.17) is 0 Å². The molecular weight excluding hydrogens is 518 g/mol. The van der Waals surface area contributed by atoms with Crippen molar-refractivity contribution >= 4 is 69.3 Å². The van der Waals surface area contributed by atoms with E-state index in [1.165, 1.54) is 23.5 Å². The van der Waals surface area contributed by atoms with Gasteiger partial charge >= 0.3 is 0 Å². The van der Waals surface area contributed by atoms with Gasteiger partial charge in [-0.25, -0.2) is 4.98 Å². The first-order valence-corrected chi connectivity index (χ1v) is 13.1. The lowest BCUT2D eigenvalue weighted by Gasteiger charge is -2.12. The van der Waals surface area contributed by atoms with Crippen LogP contribution in [0.2, 0.25) is 0 Å². The number of aromatic nitrogens is 1. The lowest BCUT2D eigenvalue weighted by atomic mass is 10.1. The van der Waals surface area contributed by atoms with E-state index >= 15 is 0 Å². The quantitative estimate of drug-likeness (QED) is 0.364. The second-order valence-electron chi connectivity index (χ2n) is 5.02. The number of nitrogens with zero attached hydrogens (tertiary/aromatic N) is 1. The molecule has 0 spiro atoms. The van der Waals surface area contributed by atoms with Crippen LogP contribution in [0.5, 0.6) is 0 Å². The van der Waals surface area contributed by atoms with E-state index in [1.807, 2.05) is 35.9 Å². The number of rotatable bonds is 5. The zero-order chi connectivity index (χ0) is 20.4. The summed E-state index contributed by atoms with van der Waals surface area (Å²) < 4.78 is 33.7. The van der Waals surface area contributed by atoms with E-state index < -0.39 is 21.2 Å². The van der Waals surface area contributed by atoms with Crippen molar-refractivity contribution in [3.8, 4) is 0 Å². The Hall–Kier alpha value is -1.13. The first-order valence-electron chi connectivity index (χ1n) is 7.59. The number of halogens is 2. The number of thiazole rings is 1. The molecule has 0 bridgehead atoms. The Morgan fingerprint density at radius 3 is 2.15 bits per heavy atom. The van der Waals surface area contributed by atoms with Gasteiger partial charge < -0.3 is 0 Å². The van der Waals surface area contributed by atoms with E-state index in [0.29, 0.717) is 5.01 Å². The van der Waals surface area contributed by atoms with E-state index in [-0.39, 0.29) is 12.0 Å². The number of hydrogen-bond acceptors (Lipinski definition) is 5. The highest BCUT2D eigenvalue weighted by atomic mass is 79.9. The summed E-state index contributed by atoms with van der Waals surface area (Å²) in [6, 6.07) is 15.4. The predicted octanol–water partition coefficient (Wildman–Crippen LogP) is 5.06. The summed E-state index contributed by atoms with van der Waals surface area (Å²) in [5.74, 6) is 3.03. The van der Waals surface area contributed by atoms with E-state index in [2.05, 4.69) is 36.8 Å². The van der Waals surface area contributed by atoms with Gasteiger partial charge in [-0.1, -0.05) is 74.3 Å². The van der Waals surface area contributed by atoms with Crippen LogP contribution in [0.3, 0.4) is 0 Å². The van der Waals surface area contributed by atoms with E-state index in [1.54, 1.807) is 18.2 Å². The zero-order valence-corrected chi connectivity index (χ0v) is 19.5. The molecular formula is C18H19Br2NO4S2. The monoisotopic (exact) mass is 535 g/mol. The van der Waals surface area contributed by atoms with Crippen molar-refractivity contribution in [2.75, 3.05) is 11.7 Å². The van der Waals surface area contributed by atoms with Gasteiger partial charge in [0.2, 0.25) is 0 Å². The summed E-state index contributed by atoms with van der Waals surface area (Å²) in [6.07, 6.45) is -0.140. The van der Waals surface area contributed by atoms with Crippen molar-refractivity contribution in [3.63, 3.8) is 0 Å². The second kappa shape index (κ2) is 11.7. The number of benzene rings is 2. The summed E-state index contributed by atoms with van der Waals surface area (Å²) in [4.78, 5) is 16.8. The first-order chi connectivity index (χ1) is 12.9. The minimum absolute atomic E-state index is 0.140. The highest BCUT2D eigenvalue weighted by molar-refractivity contribution is 9.09. The van der Waals surface area contributed by atoms with Crippen LogP contribution in [-0.4, -0.2) is 35.4 Å². The number of hydrogen-bond donors (Lipinski definition) is 1. The number of alkyl halides is 2. The normalized spacial score (nSPS) is 11.6. The number of ketones is 1. The number of fused-ring (bicyclic) bond motifs is 1. The van der Waals surface area contributed by atoms with E-state index in [0.717, 1.165) is 10.2 Å². The third-order valence-corrected chi connectivity index (χ3v) is 5.52. The predicted molar refractivity (Wildman–Crippen MR) is 119 cm³/mol. The minimum atomic E-state index is -4.54. The maximum atomic E-state index is 12.5. The summed E-state index contributed by atoms with van der Waals surface area (Å²) in [5.41, 5.74) is 1.02. The molecule has 1 N–H and O–H groups in total. The number of carbonyl (C=O) groups excluding carboxylic acids is 1. The summed E-state index contributed by atoms with van der Waals surface area (Å²) in [5, 5.41) is -1.06. The summed E-state index contributed by atoms with van der Waals surface area (Å²) >= 11 is 7.22. The zero-order valence-electron chi connectivity index (χ0n) is 14.7. The molecule has 3 rings (SSSR count). The number of Topliss-reactive ketones (excluding diaryl/α,β-unsaturated/α-hetero) is 1. The fraction of sp³-hybridized carbons (Fsp3) is 0.222. The molecule has 1 unspecified atom stereocenters. The second-order valence-corrected chi connectivity index (χ2v) is 7.64. The van der Waals surface area contributed by atoms with Crippen molar-refractivity contribution in [3.05, 3.63) is 65.2 Å². The highest BCUT2D eigenvalue weighted by Crippen LogP contribution is 2.27. The molecule has 1 aromatic heterocycles. The van der Waals surface area contributed by atoms with Crippen LogP contribution < -0.4 is 0 Å². The van der Waals surface area contributed by atoms with Crippen LogP contribution in [0.15, 0.2) is 54.6 Å². The van der Waals surface area contributed by atoms with Gasteiger partial charge in [0.1, 0.15) is 5.01 Å². The van der Waals surface area contributed by atoms with Crippen molar-refractivity contribution in [2.45, 2.75) is 11.7 Å². The van der Waals surface area contributed by atoms with Gasteiger partial charge in [-0.15, -0.1) is 11.3 Å². The van der Waals surface area contributed by atoms with Crippen molar-refractivity contribution in [1.29, 1.82) is 0 Å². The first kappa shape index (κ1) is 23.9. The highest BCUT2D eigenvalue weighted by Gasteiger charge is 2.32. The molecule has 0 saturated heterocycles. The molecule has 0 aliphatic heterocycles. The van der Waals surface area contributed by atoms with Crippen LogP contribution in [0.4, 0.5) is 0 Å². The van der Waals surface area contributed by atoms with Gasteiger partial charge in [-0.3, -0.25) is 9.35 Å². The lowest BCUT2D eigenvalue weighted by Crippen LogP contribution is -2.23. The van der Waals surface area contributed by atoms with Gasteiger partial charge in [0.05, 0.1) is 16.6 Å². The Labute approximate surface area is 179 Å². The molecule has 0 fully saturated rings. The number of carbonyl (C=O) groups is 1. The Bertz CT molecular complexity index is 927. The van der Waals surface area contributed by atoms with Gasteiger partial charge in [-0.05, 0) is 29.4 Å². The Balaban J connectivity index is 0.000000855. The smallest absolute Gasteiger partial charge is 0.279 e. The molecule has 146 valence electrons. The molecule has 0 amide bonds. The molecule has 0 radical (unpaired) electrons. The summed E-state index contributed by atoms with van der Waals surface area (Å²) in [7, 11) is -4.54. The van der Waals surface area contributed by atoms with Gasteiger partial charge in [-0.2, -0.15) is 8.42 Å². The van der Waals surface area contributed by atoms with Crippen molar-refractivity contribution in [1.82, 2.24) is 4.98 Å². The number of para-hydroxylation sites is 1.